The van der Waals surface area contributed by atoms with Crippen molar-refractivity contribution in [2.24, 2.45) is 0 Å². The Morgan fingerprint density at radius 3 is 2.42 bits per heavy atom. The fraction of sp³-hybridized carbons (Fsp3) is 0.455. The van der Waals surface area contributed by atoms with Crippen LogP contribution in [-0.4, -0.2) is 43.3 Å². The molecule has 1 aliphatic rings. The average molecular weight is 355 g/mol. The van der Waals surface area contributed by atoms with Crippen LogP contribution in [0.4, 0.5) is 0 Å². The molecule has 4 nitrogen and oxygen atoms in total. The molecule has 1 fully saturated rings. The Balaban J connectivity index is 1.94. The smallest absolute Gasteiger partial charge is 0.162 e. The molecular weight excluding hydrogens is 326 g/mol. The number of para-hydroxylation sites is 2. The number of rotatable bonds is 7. The minimum absolute atomic E-state index is 0.125. The summed E-state index contributed by atoms with van der Waals surface area (Å²) in [5, 5.41) is 0. The largest absolute Gasteiger partial charge is 0.490 e. The molecule has 0 N–H and O–H groups in total. The van der Waals surface area contributed by atoms with Crippen LogP contribution in [-0.2, 0) is 4.74 Å². The van der Waals surface area contributed by atoms with E-state index in [9.17, 15) is 0 Å². The first-order valence-electron chi connectivity index (χ1n) is 9.47. The molecule has 1 aliphatic heterocycles. The van der Waals surface area contributed by atoms with Crippen LogP contribution in [0, 0.1) is 0 Å². The van der Waals surface area contributed by atoms with Crippen LogP contribution in [0.25, 0.3) is 0 Å². The lowest BCUT2D eigenvalue weighted by Crippen LogP contribution is -2.52. The molecule has 0 bridgehead atoms. The SMILES string of the molecule is CCOc1ccccc1OC(c1ccccc1)C1COCCN1C(C)C. The summed E-state index contributed by atoms with van der Waals surface area (Å²) in [7, 11) is 0. The maximum absolute atomic E-state index is 6.56. The average Bonchev–Trinajstić information content (AvgIpc) is 2.68. The van der Waals surface area contributed by atoms with E-state index in [2.05, 4.69) is 43.0 Å². The van der Waals surface area contributed by atoms with Gasteiger partial charge in [-0.3, -0.25) is 4.90 Å². The van der Waals surface area contributed by atoms with E-state index in [1.54, 1.807) is 0 Å². The molecule has 0 amide bonds. The molecular formula is C22H29NO3. The van der Waals surface area contributed by atoms with Crippen LogP contribution >= 0.6 is 0 Å². The van der Waals surface area contributed by atoms with Crippen molar-refractivity contribution in [3.05, 3.63) is 60.2 Å². The van der Waals surface area contributed by atoms with Crippen molar-refractivity contribution in [1.29, 1.82) is 0 Å². The third-order valence-electron chi connectivity index (χ3n) is 4.75. The number of ether oxygens (including phenoxy) is 3. The lowest BCUT2D eigenvalue weighted by atomic mass is 9.99. The van der Waals surface area contributed by atoms with Crippen molar-refractivity contribution < 1.29 is 14.2 Å². The van der Waals surface area contributed by atoms with Gasteiger partial charge in [-0.2, -0.15) is 0 Å². The van der Waals surface area contributed by atoms with Crippen LogP contribution in [0.5, 0.6) is 11.5 Å². The minimum Gasteiger partial charge on any atom is -0.490 e. The Labute approximate surface area is 156 Å². The van der Waals surface area contributed by atoms with Crippen LogP contribution in [0.15, 0.2) is 54.6 Å². The van der Waals surface area contributed by atoms with Gasteiger partial charge in [0.1, 0.15) is 6.10 Å². The molecule has 2 aromatic carbocycles. The second-order valence-electron chi connectivity index (χ2n) is 6.80. The fourth-order valence-corrected chi connectivity index (χ4v) is 3.51. The summed E-state index contributed by atoms with van der Waals surface area (Å²) in [4.78, 5) is 2.48. The van der Waals surface area contributed by atoms with Crippen molar-refractivity contribution in [3.63, 3.8) is 0 Å². The van der Waals surface area contributed by atoms with Gasteiger partial charge in [0, 0.05) is 12.6 Å². The van der Waals surface area contributed by atoms with Crippen molar-refractivity contribution in [2.45, 2.75) is 39.0 Å². The van der Waals surface area contributed by atoms with E-state index in [1.165, 1.54) is 0 Å². The number of hydrogen-bond donors (Lipinski definition) is 0. The van der Waals surface area contributed by atoms with Crippen LogP contribution in [0.1, 0.15) is 32.4 Å². The quantitative estimate of drug-likeness (QED) is 0.740. The van der Waals surface area contributed by atoms with E-state index >= 15 is 0 Å². The summed E-state index contributed by atoms with van der Waals surface area (Å²) < 4.78 is 18.2. The molecule has 4 heteroatoms. The molecule has 3 rings (SSSR count). The molecule has 140 valence electrons. The van der Waals surface area contributed by atoms with Gasteiger partial charge < -0.3 is 14.2 Å². The summed E-state index contributed by atoms with van der Waals surface area (Å²) in [6, 6.07) is 18.9. The molecule has 26 heavy (non-hydrogen) atoms. The van der Waals surface area contributed by atoms with Gasteiger partial charge in [-0.05, 0) is 38.5 Å². The van der Waals surface area contributed by atoms with E-state index in [0.29, 0.717) is 19.3 Å². The molecule has 0 spiro atoms. The number of hydrogen-bond acceptors (Lipinski definition) is 4. The highest BCUT2D eigenvalue weighted by molar-refractivity contribution is 5.40. The van der Waals surface area contributed by atoms with Gasteiger partial charge in [-0.15, -0.1) is 0 Å². The lowest BCUT2D eigenvalue weighted by molar-refractivity contribution is -0.0651. The van der Waals surface area contributed by atoms with E-state index in [-0.39, 0.29) is 12.1 Å². The van der Waals surface area contributed by atoms with Gasteiger partial charge in [0.25, 0.3) is 0 Å². The zero-order valence-corrected chi connectivity index (χ0v) is 15.9. The van der Waals surface area contributed by atoms with Crippen LogP contribution in [0.2, 0.25) is 0 Å². The first kappa shape index (κ1) is 18.7. The normalized spacial score (nSPS) is 19.3. The predicted molar refractivity (Wildman–Crippen MR) is 104 cm³/mol. The van der Waals surface area contributed by atoms with Crippen LogP contribution < -0.4 is 9.47 Å². The number of benzene rings is 2. The molecule has 0 radical (unpaired) electrons. The highest BCUT2D eigenvalue weighted by Gasteiger charge is 2.35. The summed E-state index contributed by atoms with van der Waals surface area (Å²) in [5.41, 5.74) is 1.15. The minimum atomic E-state index is -0.125. The summed E-state index contributed by atoms with van der Waals surface area (Å²) in [5.74, 6) is 1.56. The Kier molecular flexibility index (Phi) is 6.53. The lowest BCUT2D eigenvalue weighted by Gasteiger charge is -2.42. The Bertz CT molecular complexity index is 674. The van der Waals surface area contributed by atoms with Crippen molar-refractivity contribution in [1.82, 2.24) is 4.90 Å². The first-order chi connectivity index (χ1) is 12.7. The van der Waals surface area contributed by atoms with Crippen molar-refractivity contribution in [2.75, 3.05) is 26.4 Å². The molecule has 1 heterocycles. The Hall–Kier alpha value is -2.04. The molecule has 0 saturated carbocycles. The highest BCUT2D eigenvalue weighted by atomic mass is 16.5. The third-order valence-corrected chi connectivity index (χ3v) is 4.75. The summed E-state index contributed by atoms with van der Waals surface area (Å²) in [6.45, 7) is 9.41. The van der Waals surface area contributed by atoms with Gasteiger partial charge in [0.15, 0.2) is 11.5 Å². The van der Waals surface area contributed by atoms with Crippen molar-refractivity contribution in [3.8, 4) is 11.5 Å². The van der Waals surface area contributed by atoms with E-state index in [1.807, 2.05) is 37.3 Å². The van der Waals surface area contributed by atoms with Gasteiger partial charge in [-0.25, -0.2) is 0 Å². The fourth-order valence-electron chi connectivity index (χ4n) is 3.51. The standard InChI is InChI=1S/C22H29NO3/c1-4-25-20-12-8-9-13-21(20)26-22(18-10-6-5-7-11-18)19-16-24-15-14-23(19)17(2)3/h5-13,17,19,22H,4,14-16H2,1-3H3. The van der Waals surface area contributed by atoms with Gasteiger partial charge in [0.2, 0.25) is 0 Å². The van der Waals surface area contributed by atoms with E-state index < -0.39 is 0 Å². The van der Waals surface area contributed by atoms with Gasteiger partial charge in [0.05, 0.1) is 25.9 Å². The van der Waals surface area contributed by atoms with Crippen LogP contribution in [0.3, 0.4) is 0 Å². The maximum Gasteiger partial charge on any atom is 0.162 e. The second-order valence-corrected chi connectivity index (χ2v) is 6.80. The van der Waals surface area contributed by atoms with Gasteiger partial charge in [-0.1, -0.05) is 42.5 Å². The maximum atomic E-state index is 6.56. The molecule has 2 unspecified atom stereocenters. The molecule has 0 aromatic heterocycles. The van der Waals surface area contributed by atoms with E-state index in [0.717, 1.165) is 30.2 Å². The first-order valence-corrected chi connectivity index (χ1v) is 9.47. The Morgan fingerprint density at radius 1 is 1.04 bits per heavy atom. The molecule has 2 atom stereocenters. The second kappa shape index (κ2) is 9.06. The third kappa shape index (κ3) is 4.37. The number of morpholine rings is 1. The van der Waals surface area contributed by atoms with Crippen molar-refractivity contribution >= 4 is 0 Å². The monoisotopic (exact) mass is 355 g/mol. The van der Waals surface area contributed by atoms with E-state index in [4.69, 9.17) is 14.2 Å². The topological polar surface area (TPSA) is 30.9 Å². The van der Waals surface area contributed by atoms with Gasteiger partial charge >= 0.3 is 0 Å². The summed E-state index contributed by atoms with van der Waals surface area (Å²) >= 11 is 0. The number of nitrogens with zero attached hydrogens (tertiary/aromatic N) is 1. The summed E-state index contributed by atoms with van der Waals surface area (Å²) in [6.07, 6.45) is -0.125. The molecule has 1 saturated heterocycles. The highest BCUT2D eigenvalue weighted by Crippen LogP contribution is 2.35. The predicted octanol–water partition coefficient (Wildman–Crippen LogP) is 4.31. The Morgan fingerprint density at radius 2 is 1.73 bits per heavy atom. The molecule has 0 aliphatic carbocycles. The zero-order chi connectivity index (χ0) is 18.4. The zero-order valence-electron chi connectivity index (χ0n) is 15.9. The molecule has 2 aromatic rings.